The molecule has 0 bridgehead atoms. The van der Waals surface area contributed by atoms with Crippen LogP contribution >= 0.6 is 0 Å². The number of carbonyl (C=O) groups excluding carboxylic acids is 1. The van der Waals surface area contributed by atoms with Crippen LogP contribution < -0.4 is 0 Å². The fourth-order valence-corrected chi connectivity index (χ4v) is 1.96. The average molecular weight is 296 g/mol. The van der Waals surface area contributed by atoms with E-state index in [9.17, 15) is 9.59 Å². The number of aliphatic carboxylic acids is 1. The standard InChI is InChI=1S/C13H22O2.C4H6O2/c1-10(11-8-6-5-7-9-11)12(14)15-13(2,3)4;1-3(2)4(5)6/h11H,1,5-9H2,2-4H3;1H2,2H3,(H,5,6). The van der Waals surface area contributed by atoms with Crippen LogP contribution in [-0.4, -0.2) is 22.6 Å². The monoisotopic (exact) mass is 296 g/mol. The van der Waals surface area contributed by atoms with Crippen molar-refractivity contribution in [2.24, 2.45) is 5.92 Å². The van der Waals surface area contributed by atoms with E-state index in [2.05, 4.69) is 13.2 Å². The van der Waals surface area contributed by atoms with Crippen molar-refractivity contribution in [3.05, 3.63) is 24.3 Å². The summed E-state index contributed by atoms with van der Waals surface area (Å²) in [6.07, 6.45) is 5.91. The largest absolute Gasteiger partial charge is 0.478 e. The molecule has 0 aromatic rings. The molecule has 0 amide bonds. The Hall–Kier alpha value is -1.58. The molecule has 0 saturated heterocycles. The van der Waals surface area contributed by atoms with Crippen LogP contribution in [0.5, 0.6) is 0 Å². The minimum absolute atomic E-state index is 0.176. The molecule has 1 aliphatic carbocycles. The highest BCUT2D eigenvalue weighted by molar-refractivity contribution is 5.88. The second-order valence-corrected chi connectivity index (χ2v) is 6.45. The molecule has 1 fully saturated rings. The van der Waals surface area contributed by atoms with E-state index in [0.29, 0.717) is 11.5 Å². The Morgan fingerprint density at radius 2 is 1.52 bits per heavy atom. The van der Waals surface area contributed by atoms with Gasteiger partial charge in [0.05, 0.1) is 0 Å². The van der Waals surface area contributed by atoms with Crippen molar-refractivity contribution >= 4 is 11.9 Å². The zero-order chi connectivity index (χ0) is 16.6. The van der Waals surface area contributed by atoms with Crippen LogP contribution in [0.4, 0.5) is 0 Å². The van der Waals surface area contributed by atoms with Gasteiger partial charge in [-0.15, -0.1) is 0 Å². The van der Waals surface area contributed by atoms with E-state index in [0.717, 1.165) is 12.8 Å². The molecule has 4 nitrogen and oxygen atoms in total. The molecule has 1 rings (SSSR count). The number of ether oxygens (including phenoxy) is 1. The number of carbonyl (C=O) groups is 2. The van der Waals surface area contributed by atoms with Crippen LogP contribution in [0.15, 0.2) is 24.3 Å². The summed E-state index contributed by atoms with van der Waals surface area (Å²) in [6.45, 7) is 14.2. The Balaban J connectivity index is 0.000000567. The Labute approximate surface area is 127 Å². The lowest BCUT2D eigenvalue weighted by Crippen LogP contribution is -2.27. The fourth-order valence-electron chi connectivity index (χ4n) is 1.96. The third-order valence-electron chi connectivity index (χ3n) is 3.12. The Kier molecular flexibility index (Phi) is 8.00. The van der Waals surface area contributed by atoms with Gasteiger partial charge in [0.2, 0.25) is 0 Å². The van der Waals surface area contributed by atoms with Crippen molar-refractivity contribution in [3.8, 4) is 0 Å². The molecule has 0 spiro atoms. The lowest BCUT2D eigenvalue weighted by atomic mass is 9.84. The van der Waals surface area contributed by atoms with Gasteiger partial charge in [-0.25, -0.2) is 9.59 Å². The average Bonchev–Trinajstić information content (AvgIpc) is 2.37. The highest BCUT2D eigenvalue weighted by atomic mass is 16.6. The smallest absolute Gasteiger partial charge is 0.334 e. The molecule has 0 atom stereocenters. The molecule has 0 aromatic carbocycles. The number of rotatable bonds is 3. The van der Waals surface area contributed by atoms with E-state index >= 15 is 0 Å². The molecule has 0 aliphatic heterocycles. The summed E-state index contributed by atoms with van der Waals surface area (Å²) < 4.78 is 5.31. The van der Waals surface area contributed by atoms with Crippen LogP contribution in [0.3, 0.4) is 0 Å². The summed E-state index contributed by atoms with van der Waals surface area (Å²) >= 11 is 0. The summed E-state index contributed by atoms with van der Waals surface area (Å²) in [5.41, 5.74) is 0.439. The minimum Gasteiger partial charge on any atom is -0.478 e. The number of carboxylic acid groups (broad SMARTS) is 1. The van der Waals surface area contributed by atoms with Gasteiger partial charge in [0.25, 0.3) is 0 Å². The normalized spacial score (nSPS) is 15.4. The van der Waals surface area contributed by atoms with Gasteiger partial charge in [-0.2, -0.15) is 0 Å². The van der Waals surface area contributed by atoms with Crippen molar-refractivity contribution < 1.29 is 19.4 Å². The summed E-state index contributed by atoms with van der Waals surface area (Å²) in [7, 11) is 0. The summed E-state index contributed by atoms with van der Waals surface area (Å²) in [6, 6.07) is 0. The van der Waals surface area contributed by atoms with Gasteiger partial charge in [0.15, 0.2) is 0 Å². The molecule has 1 aliphatic rings. The number of esters is 1. The van der Waals surface area contributed by atoms with Crippen molar-refractivity contribution in [3.63, 3.8) is 0 Å². The Bertz CT molecular complexity index is 384. The third kappa shape index (κ3) is 9.05. The first-order chi connectivity index (χ1) is 9.54. The number of carboxylic acids is 1. The van der Waals surface area contributed by atoms with Gasteiger partial charge in [0.1, 0.15) is 5.60 Å². The second-order valence-electron chi connectivity index (χ2n) is 6.45. The SMILES string of the molecule is C=C(C(=O)OC(C)(C)C)C1CCCCC1.C=C(C)C(=O)O. The second kappa shape index (κ2) is 8.65. The lowest BCUT2D eigenvalue weighted by Gasteiger charge is -2.26. The molecule has 0 radical (unpaired) electrons. The van der Waals surface area contributed by atoms with Crippen molar-refractivity contribution in [1.29, 1.82) is 0 Å². The van der Waals surface area contributed by atoms with E-state index in [1.54, 1.807) is 0 Å². The van der Waals surface area contributed by atoms with E-state index in [4.69, 9.17) is 9.84 Å². The van der Waals surface area contributed by atoms with Crippen LogP contribution in [0.2, 0.25) is 0 Å². The zero-order valence-corrected chi connectivity index (χ0v) is 13.7. The molecule has 21 heavy (non-hydrogen) atoms. The molecular weight excluding hydrogens is 268 g/mol. The summed E-state index contributed by atoms with van der Waals surface area (Å²) in [4.78, 5) is 21.3. The van der Waals surface area contributed by atoms with Crippen molar-refractivity contribution in [2.75, 3.05) is 0 Å². The number of hydrogen-bond acceptors (Lipinski definition) is 3. The van der Waals surface area contributed by atoms with Gasteiger partial charge in [-0.1, -0.05) is 32.4 Å². The molecule has 0 unspecified atom stereocenters. The first-order valence-electron chi connectivity index (χ1n) is 7.35. The molecule has 0 heterocycles. The molecular formula is C17H28O4. The predicted octanol–water partition coefficient (Wildman–Crippen LogP) is 4.11. The van der Waals surface area contributed by atoms with Crippen LogP contribution in [0, 0.1) is 5.92 Å². The topological polar surface area (TPSA) is 63.6 Å². The first-order valence-corrected chi connectivity index (χ1v) is 7.35. The van der Waals surface area contributed by atoms with E-state index in [1.807, 2.05) is 20.8 Å². The highest BCUT2D eigenvalue weighted by Crippen LogP contribution is 2.30. The number of hydrogen-bond donors (Lipinski definition) is 1. The highest BCUT2D eigenvalue weighted by Gasteiger charge is 2.25. The van der Waals surface area contributed by atoms with Gasteiger partial charge >= 0.3 is 11.9 Å². The Morgan fingerprint density at radius 1 is 1.10 bits per heavy atom. The van der Waals surface area contributed by atoms with Crippen LogP contribution in [0.1, 0.15) is 59.8 Å². The third-order valence-corrected chi connectivity index (χ3v) is 3.12. The molecule has 1 saturated carbocycles. The van der Waals surface area contributed by atoms with Gasteiger partial charge < -0.3 is 9.84 Å². The van der Waals surface area contributed by atoms with Crippen molar-refractivity contribution in [2.45, 2.75) is 65.4 Å². The van der Waals surface area contributed by atoms with Gasteiger partial charge in [0, 0.05) is 11.1 Å². The maximum atomic E-state index is 11.7. The maximum absolute atomic E-state index is 11.7. The van der Waals surface area contributed by atoms with Crippen molar-refractivity contribution in [1.82, 2.24) is 0 Å². The van der Waals surface area contributed by atoms with Gasteiger partial charge in [-0.3, -0.25) is 0 Å². The minimum atomic E-state index is -0.935. The molecule has 4 heteroatoms. The van der Waals surface area contributed by atoms with Crippen LogP contribution in [0.25, 0.3) is 0 Å². The van der Waals surface area contributed by atoms with E-state index in [1.165, 1.54) is 26.2 Å². The lowest BCUT2D eigenvalue weighted by molar-refractivity contribution is -0.150. The molecule has 1 N–H and O–H groups in total. The van der Waals surface area contributed by atoms with Gasteiger partial charge in [-0.05, 0) is 46.5 Å². The summed E-state index contributed by atoms with van der Waals surface area (Å²) in [5.74, 6) is -0.794. The fraction of sp³-hybridized carbons (Fsp3) is 0.647. The van der Waals surface area contributed by atoms with E-state index < -0.39 is 11.6 Å². The maximum Gasteiger partial charge on any atom is 0.334 e. The zero-order valence-electron chi connectivity index (χ0n) is 13.7. The Morgan fingerprint density at radius 3 is 1.86 bits per heavy atom. The van der Waals surface area contributed by atoms with E-state index in [-0.39, 0.29) is 11.5 Å². The molecule has 120 valence electrons. The first kappa shape index (κ1) is 19.4. The molecule has 0 aromatic heterocycles. The predicted molar refractivity (Wildman–Crippen MR) is 84.0 cm³/mol. The summed E-state index contributed by atoms with van der Waals surface area (Å²) in [5, 5.41) is 7.89. The quantitative estimate of drug-likeness (QED) is 0.628. The van der Waals surface area contributed by atoms with Crippen LogP contribution in [-0.2, 0) is 14.3 Å².